The number of fused-ring (bicyclic) bond motifs is 1. The van der Waals surface area contributed by atoms with Crippen molar-refractivity contribution in [3.63, 3.8) is 0 Å². The molecular weight excluding hydrogens is 242 g/mol. The maximum Gasteiger partial charge on any atom is 0.406 e. The lowest BCUT2D eigenvalue weighted by Crippen LogP contribution is -2.26. The van der Waals surface area contributed by atoms with E-state index in [0.29, 0.717) is 6.61 Å². The summed E-state index contributed by atoms with van der Waals surface area (Å²) in [7, 11) is 1.52. The van der Waals surface area contributed by atoms with Gasteiger partial charge in [0.1, 0.15) is 12.7 Å². The quantitative estimate of drug-likeness (QED) is 0.826. The van der Waals surface area contributed by atoms with Crippen LogP contribution in [0, 0.1) is 0 Å². The lowest BCUT2D eigenvalue weighted by Gasteiger charge is -2.28. The van der Waals surface area contributed by atoms with Crippen molar-refractivity contribution in [3.05, 3.63) is 35.4 Å². The van der Waals surface area contributed by atoms with Crippen LogP contribution < -0.4 is 5.32 Å². The predicted molar refractivity (Wildman–Crippen MR) is 64.1 cm³/mol. The van der Waals surface area contributed by atoms with Crippen LogP contribution in [0.4, 0.5) is 4.79 Å². The van der Waals surface area contributed by atoms with Crippen LogP contribution in [0.5, 0.6) is 0 Å². The Bertz CT molecular complexity index is 410. The molecule has 0 saturated heterocycles. The van der Waals surface area contributed by atoms with Crippen LogP contribution in [0.3, 0.4) is 0 Å². The first-order chi connectivity index (χ1) is 8.22. The van der Waals surface area contributed by atoms with Crippen LogP contribution in [0.15, 0.2) is 24.3 Å². The second kappa shape index (κ2) is 5.38. The Morgan fingerprint density at radius 1 is 1.53 bits per heavy atom. The molecule has 1 aromatic carbocycles. The highest BCUT2D eigenvalue weighted by Gasteiger charge is 2.27. The third-order valence-corrected chi connectivity index (χ3v) is 3.06. The molecule has 0 radical (unpaired) electrons. The smallest absolute Gasteiger partial charge is 0.406 e. The Morgan fingerprint density at radius 2 is 2.24 bits per heavy atom. The second-order valence-electron chi connectivity index (χ2n) is 3.77. The van der Waals surface area contributed by atoms with Crippen molar-refractivity contribution in [2.24, 2.45) is 0 Å². The molecule has 0 fully saturated rings. The lowest BCUT2D eigenvalue weighted by molar-refractivity contribution is -0.00532. The number of hydrogen-bond donors (Lipinski definition) is 1. The van der Waals surface area contributed by atoms with E-state index in [9.17, 15) is 4.79 Å². The largest absolute Gasteiger partial charge is 0.446 e. The van der Waals surface area contributed by atoms with Gasteiger partial charge in [-0.25, -0.2) is 4.79 Å². The van der Waals surface area contributed by atoms with Crippen molar-refractivity contribution in [1.29, 1.82) is 0 Å². The third kappa shape index (κ3) is 2.70. The fourth-order valence-corrected chi connectivity index (χ4v) is 2.10. The van der Waals surface area contributed by atoms with Gasteiger partial charge in [-0.2, -0.15) is 0 Å². The molecule has 5 heteroatoms. The van der Waals surface area contributed by atoms with Gasteiger partial charge in [-0.15, -0.1) is 11.6 Å². The molecule has 0 spiro atoms. The number of hydrogen-bond acceptors (Lipinski definition) is 3. The molecule has 1 heterocycles. The van der Waals surface area contributed by atoms with Crippen LogP contribution in [0.2, 0.25) is 0 Å². The summed E-state index contributed by atoms with van der Waals surface area (Å²) < 4.78 is 10.6. The van der Waals surface area contributed by atoms with Gasteiger partial charge in [0.05, 0.1) is 12.0 Å². The predicted octanol–water partition coefficient (Wildman–Crippen LogP) is 2.39. The zero-order chi connectivity index (χ0) is 12.3. The second-order valence-corrected chi connectivity index (χ2v) is 4.29. The molecular formula is C12H14ClNO3. The van der Waals surface area contributed by atoms with Crippen LogP contribution in [-0.2, 0) is 9.47 Å². The highest BCUT2D eigenvalue weighted by atomic mass is 35.5. The number of alkyl carbamates (subject to hydrolysis) is 1. The summed E-state index contributed by atoms with van der Waals surface area (Å²) in [6.07, 6.45) is -0.697. The highest BCUT2D eigenvalue weighted by molar-refractivity contribution is 6.21. The van der Waals surface area contributed by atoms with E-state index in [1.54, 1.807) is 0 Å². The lowest BCUT2D eigenvalue weighted by atomic mass is 9.98. The number of alkyl halides is 1. The molecule has 0 bridgehead atoms. The van der Waals surface area contributed by atoms with Gasteiger partial charge in [-0.1, -0.05) is 24.3 Å². The van der Waals surface area contributed by atoms with Gasteiger partial charge in [0.25, 0.3) is 0 Å². The van der Waals surface area contributed by atoms with Gasteiger partial charge in [0.2, 0.25) is 0 Å². The van der Waals surface area contributed by atoms with Gasteiger partial charge in [0.15, 0.2) is 0 Å². The van der Waals surface area contributed by atoms with Crippen LogP contribution >= 0.6 is 11.6 Å². The zero-order valence-corrected chi connectivity index (χ0v) is 10.2. The zero-order valence-electron chi connectivity index (χ0n) is 9.48. The molecule has 1 aliphatic heterocycles. The standard InChI is InChI=1S/C12H14ClNO3/c1-14-12(15)17-7-11-9-5-3-2-4-8(9)10(13)6-16-11/h2-5,10-11H,6-7H2,1H3,(H,14,15). The summed E-state index contributed by atoms with van der Waals surface area (Å²) in [5.41, 5.74) is 2.04. The van der Waals surface area contributed by atoms with E-state index in [-0.39, 0.29) is 18.1 Å². The number of rotatable bonds is 2. The van der Waals surface area contributed by atoms with E-state index in [1.165, 1.54) is 7.05 Å². The SMILES string of the molecule is CNC(=O)OCC1OCC(Cl)c2ccccc21. The topological polar surface area (TPSA) is 47.6 Å². The molecule has 92 valence electrons. The monoisotopic (exact) mass is 255 g/mol. The van der Waals surface area contributed by atoms with Crippen molar-refractivity contribution in [1.82, 2.24) is 5.32 Å². The molecule has 2 rings (SSSR count). The fourth-order valence-electron chi connectivity index (χ4n) is 1.83. The molecule has 17 heavy (non-hydrogen) atoms. The van der Waals surface area contributed by atoms with Crippen molar-refractivity contribution >= 4 is 17.7 Å². The first-order valence-corrected chi connectivity index (χ1v) is 5.85. The minimum absolute atomic E-state index is 0.137. The van der Waals surface area contributed by atoms with E-state index in [1.807, 2.05) is 24.3 Å². The van der Waals surface area contributed by atoms with Crippen molar-refractivity contribution in [2.75, 3.05) is 20.3 Å². The summed E-state index contributed by atoms with van der Waals surface area (Å²) in [6, 6.07) is 7.78. The van der Waals surface area contributed by atoms with Crippen molar-refractivity contribution in [3.8, 4) is 0 Å². The minimum Gasteiger partial charge on any atom is -0.446 e. The van der Waals surface area contributed by atoms with Crippen LogP contribution in [0.1, 0.15) is 22.6 Å². The Morgan fingerprint density at radius 3 is 2.94 bits per heavy atom. The van der Waals surface area contributed by atoms with Gasteiger partial charge >= 0.3 is 6.09 Å². The number of halogens is 1. The molecule has 1 aromatic rings. The van der Waals surface area contributed by atoms with Gasteiger partial charge in [-0.05, 0) is 11.1 Å². The molecule has 0 aromatic heterocycles. The normalized spacial score (nSPS) is 22.7. The average Bonchev–Trinajstić information content (AvgIpc) is 2.38. The van der Waals surface area contributed by atoms with Gasteiger partial charge in [-0.3, -0.25) is 0 Å². The number of benzene rings is 1. The third-order valence-electron chi connectivity index (χ3n) is 2.69. The van der Waals surface area contributed by atoms with E-state index in [4.69, 9.17) is 21.1 Å². The number of ether oxygens (including phenoxy) is 2. The van der Waals surface area contributed by atoms with Crippen molar-refractivity contribution < 1.29 is 14.3 Å². The summed E-state index contributed by atoms with van der Waals surface area (Å²) in [5.74, 6) is 0. The Kier molecular flexibility index (Phi) is 3.86. The van der Waals surface area contributed by atoms with E-state index >= 15 is 0 Å². The number of nitrogens with one attached hydrogen (secondary N) is 1. The van der Waals surface area contributed by atoms with E-state index in [0.717, 1.165) is 11.1 Å². The van der Waals surface area contributed by atoms with Crippen LogP contribution in [0.25, 0.3) is 0 Å². The molecule has 2 atom stereocenters. The summed E-state index contributed by atoms with van der Waals surface area (Å²) >= 11 is 6.16. The molecule has 1 aliphatic rings. The highest BCUT2D eigenvalue weighted by Crippen LogP contribution is 2.35. The van der Waals surface area contributed by atoms with E-state index < -0.39 is 6.09 Å². The first-order valence-electron chi connectivity index (χ1n) is 5.41. The van der Waals surface area contributed by atoms with Gasteiger partial charge in [0, 0.05) is 7.05 Å². The fraction of sp³-hybridized carbons (Fsp3) is 0.417. The maximum atomic E-state index is 11.0. The number of carbonyl (C=O) groups is 1. The summed E-state index contributed by atoms with van der Waals surface area (Å²) in [6.45, 7) is 0.626. The van der Waals surface area contributed by atoms with Crippen LogP contribution in [-0.4, -0.2) is 26.4 Å². The molecule has 0 aliphatic carbocycles. The molecule has 1 amide bonds. The van der Waals surface area contributed by atoms with E-state index in [2.05, 4.69) is 5.32 Å². The summed E-state index contributed by atoms with van der Waals surface area (Å²) in [4.78, 5) is 11.0. The molecule has 1 N–H and O–H groups in total. The molecule has 2 unspecified atom stereocenters. The average molecular weight is 256 g/mol. The number of amides is 1. The summed E-state index contributed by atoms with van der Waals surface area (Å²) in [5, 5.41) is 2.26. The molecule has 0 saturated carbocycles. The first kappa shape index (κ1) is 12.2. The Balaban J connectivity index is 2.10. The van der Waals surface area contributed by atoms with Crippen molar-refractivity contribution in [2.45, 2.75) is 11.5 Å². The Labute approximate surface area is 105 Å². The Hall–Kier alpha value is -1.26. The number of carbonyl (C=O) groups excluding carboxylic acids is 1. The minimum atomic E-state index is -0.459. The van der Waals surface area contributed by atoms with Gasteiger partial charge < -0.3 is 14.8 Å². The maximum absolute atomic E-state index is 11.0. The molecule has 4 nitrogen and oxygen atoms in total.